The lowest BCUT2D eigenvalue weighted by atomic mass is 9.68. The molecule has 0 bridgehead atoms. The summed E-state index contributed by atoms with van der Waals surface area (Å²) in [4.78, 5) is 22.8. The Balaban J connectivity index is 2.58. The molecule has 1 unspecified atom stereocenters. The van der Waals surface area contributed by atoms with E-state index in [0.29, 0.717) is 19.3 Å². The number of hydrogen-bond acceptors (Lipinski definition) is 2. The van der Waals surface area contributed by atoms with Gasteiger partial charge in [0.25, 0.3) is 0 Å². The molecule has 1 atom stereocenters. The molecule has 1 rings (SSSR count). The number of hydrogen-bond donors (Lipinski definition) is 2. The first-order chi connectivity index (χ1) is 7.03. The molecule has 4 heteroatoms. The number of rotatable bonds is 5. The lowest BCUT2D eigenvalue weighted by molar-refractivity contribution is -0.162. The average molecular weight is 211 g/mol. The van der Waals surface area contributed by atoms with Crippen molar-refractivity contribution in [3.05, 3.63) is 12.7 Å². The summed E-state index contributed by atoms with van der Waals surface area (Å²) in [5, 5.41) is 11.7. The first-order valence-corrected chi connectivity index (χ1v) is 5.18. The van der Waals surface area contributed by atoms with Crippen molar-refractivity contribution in [2.75, 3.05) is 0 Å². The normalized spacial score (nSPS) is 19.8. The highest BCUT2D eigenvalue weighted by Crippen LogP contribution is 2.41. The highest BCUT2D eigenvalue weighted by atomic mass is 16.4. The zero-order chi connectivity index (χ0) is 11.5. The molecule has 0 heterocycles. The number of aliphatic carboxylic acids is 1. The summed E-state index contributed by atoms with van der Waals surface area (Å²) in [6.45, 7) is 5.41. The molecule has 0 aliphatic heterocycles. The fourth-order valence-corrected chi connectivity index (χ4v) is 1.74. The van der Waals surface area contributed by atoms with E-state index in [2.05, 4.69) is 11.9 Å². The van der Waals surface area contributed by atoms with Gasteiger partial charge in [-0.05, 0) is 26.2 Å². The third-order valence-corrected chi connectivity index (χ3v) is 2.95. The van der Waals surface area contributed by atoms with Crippen molar-refractivity contribution in [2.45, 2.75) is 38.6 Å². The summed E-state index contributed by atoms with van der Waals surface area (Å²) in [6, 6.07) is -0.0492. The Morgan fingerprint density at radius 3 is 2.53 bits per heavy atom. The van der Waals surface area contributed by atoms with Crippen LogP contribution in [0.1, 0.15) is 32.6 Å². The molecule has 2 N–H and O–H groups in total. The maximum Gasteiger partial charge on any atom is 0.319 e. The van der Waals surface area contributed by atoms with E-state index in [0.717, 1.165) is 6.42 Å². The molecule has 1 saturated carbocycles. The average Bonchev–Trinajstić information content (AvgIpc) is 2.00. The first-order valence-electron chi connectivity index (χ1n) is 5.18. The Hall–Kier alpha value is -1.32. The minimum atomic E-state index is -1.16. The smallest absolute Gasteiger partial charge is 0.319 e. The number of amides is 1. The summed E-state index contributed by atoms with van der Waals surface area (Å²) >= 11 is 0. The van der Waals surface area contributed by atoms with Gasteiger partial charge in [-0.2, -0.15) is 0 Å². The van der Waals surface area contributed by atoms with Gasteiger partial charge >= 0.3 is 5.97 Å². The fourth-order valence-electron chi connectivity index (χ4n) is 1.74. The SMILES string of the molecule is C=CCC(C)NC(=O)C1(C(=O)O)CCC1. The van der Waals surface area contributed by atoms with Crippen LogP contribution in [0.15, 0.2) is 12.7 Å². The summed E-state index contributed by atoms with van der Waals surface area (Å²) < 4.78 is 0. The molecule has 0 aromatic carbocycles. The van der Waals surface area contributed by atoms with Gasteiger partial charge in [-0.1, -0.05) is 12.5 Å². The Morgan fingerprint density at radius 1 is 1.60 bits per heavy atom. The molecule has 0 aromatic rings. The first kappa shape index (κ1) is 11.8. The molecule has 1 fully saturated rings. The van der Waals surface area contributed by atoms with E-state index in [-0.39, 0.29) is 11.9 Å². The van der Waals surface area contributed by atoms with E-state index in [9.17, 15) is 9.59 Å². The molecule has 0 aromatic heterocycles. The van der Waals surface area contributed by atoms with E-state index < -0.39 is 11.4 Å². The monoisotopic (exact) mass is 211 g/mol. The largest absolute Gasteiger partial charge is 0.480 e. The van der Waals surface area contributed by atoms with Gasteiger partial charge in [0.05, 0.1) is 0 Å². The number of nitrogens with one attached hydrogen (secondary N) is 1. The Bertz CT molecular complexity index is 282. The van der Waals surface area contributed by atoms with Crippen molar-refractivity contribution in [2.24, 2.45) is 5.41 Å². The predicted molar refractivity (Wildman–Crippen MR) is 56.3 cm³/mol. The topological polar surface area (TPSA) is 66.4 Å². The molecule has 1 aliphatic rings. The molecule has 84 valence electrons. The number of carbonyl (C=O) groups is 2. The van der Waals surface area contributed by atoms with Crippen LogP contribution in [0.2, 0.25) is 0 Å². The maximum atomic E-state index is 11.7. The van der Waals surface area contributed by atoms with Gasteiger partial charge < -0.3 is 10.4 Å². The fraction of sp³-hybridized carbons (Fsp3) is 0.636. The molecule has 1 amide bonds. The van der Waals surface area contributed by atoms with Crippen LogP contribution < -0.4 is 5.32 Å². The van der Waals surface area contributed by atoms with Gasteiger partial charge in [-0.15, -0.1) is 6.58 Å². The van der Waals surface area contributed by atoms with Crippen molar-refractivity contribution in [1.82, 2.24) is 5.32 Å². The van der Waals surface area contributed by atoms with E-state index in [1.165, 1.54) is 0 Å². The predicted octanol–water partition coefficient (Wildman–Crippen LogP) is 1.32. The molecule has 0 spiro atoms. The maximum absolute atomic E-state index is 11.7. The van der Waals surface area contributed by atoms with Crippen LogP contribution >= 0.6 is 0 Å². The molecule has 4 nitrogen and oxygen atoms in total. The van der Waals surface area contributed by atoms with Crippen LogP contribution in [0, 0.1) is 5.41 Å². The van der Waals surface area contributed by atoms with E-state index in [4.69, 9.17) is 5.11 Å². The minimum absolute atomic E-state index is 0.0492. The van der Waals surface area contributed by atoms with Gasteiger partial charge in [-0.25, -0.2) is 0 Å². The van der Waals surface area contributed by atoms with Gasteiger partial charge in [0.1, 0.15) is 5.41 Å². The quantitative estimate of drug-likeness (QED) is 0.532. The Kier molecular flexibility index (Phi) is 3.50. The molecular formula is C11H17NO3. The van der Waals surface area contributed by atoms with Gasteiger partial charge in [0, 0.05) is 6.04 Å². The molecule has 1 aliphatic carbocycles. The Morgan fingerprint density at radius 2 is 2.20 bits per heavy atom. The zero-order valence-electron chi connectivity index (χ0n) is 8.95. The Labute approximate surface area is 89.4 Å². The van der Waals surface area contributed by atoms with Crippen molar-refractivity contribution >= 4 is 11.9 Å². The lowest BCUT2D eigenvalue weighted by Gasteiger charge is -2.36. The molecule has 15 heavy (non-hydrogen) atoms. The summed E-state index contributed by atoms with van der Waals surface area (Å²) in [5.74, 6) is -1.35. The van der Waals surface area contributed by atoms with Crippen LogP contribution in [0.4, 0.5) is 0 Å². The van der Waals surface area contributed by atoms with Gasteiger partial charge in [-0.3, -0.25) is 9.59 Å². The summed E-state index contributed by atoms with van der Waals surface area (Å²) in [5.41, 5.74) is -1.16. The lowest BCUT2D eigenvalue weighted by Crippen LogP contribution is -2.52. The van der Waals surface area contributed by atoms with E-state index in [1.54, 1.807) is 6.08 Å². The number of carboxylic acids is 1. The second-order valence-corrected chi connectivity index (χ2v) is 4.14. The minimum Gasteiger partial charge on any atom is -0.480 e. The van der Waals surface area contributed by atoms with Crippen molar-refractivity contribution in [3.8, 4) is 0 Å². The van der Waals surface area contributed by atoms with Crippen LogP contribution in [0.3, 0.4) is 0 Å². The second kappa shape index (κ2) is 4.47. The number of carbonyl (C=O) groups excluding carboxylic acids is 1. The van der Waals surface area contributed by atoms with E-state index >= 15 is 0 Å². The highest BCUT2D eigenvalue weighted by Gasteiger charge is 2.51. The summed E-state index contributed by atoms with van der Waals surface area (Å²) in [6.07, 6.45) is 4.08. The van der Waals surface area contributed by atoms with Crippen molar-refractivity contribution < 1.29 is 14.7 Å². The van der Waals surface area contributed by atoms with Crippen LogP contribution in [0.5, 0.6) is 0 Å². The molecular weight excluding hydrogens is 194 g/mol. The standard InChI is InChI=1S/C11H17NO3/c1-3-5-8(2)12-9(13)11(10(14)15)6-4-7-11/h3,8H,1,4-7H2,2H3,(H,12,13)(H,14,15). The zero-order valence-corrected chi connectivity index (χ0v) is 8.95. The molecule has 0 radical (unpaired) electrons. The molecule has 0 saturated heterocycles. The number of carboxylic acid groups (broad SMARTS) is 1. The van der Waals surface area contributed by atoms with Crippen molar-refractivity contribution in [1.29, 1.82) is 0 Å². The highest BCUT2D eigenvalue weighted by molar-refractivity contribution is 6.02. The van der Waals surface area contributed by atoms with Gasteiger partial charge in [0.2, 0.25) is 5.91 Å². The van der Waals surface area contributed by atoms with Crippen molar-refractivity contribution in [3.63, 3.8) is 0 Å². The summed E-state index contributed by atoms with van der Waals surface area (Å²) in [7, 11) is 0. The third-order valence-electron chi connectivity index (χ3n) is 2.95. The van der Waals surface area contributed by atoms with Gasteiger partial charge in [0.15, 0.2) is 0 Å². The second-order valence-electron chi connectivity index (χ2n) is 4.14. The van der Waals surface area contributed by atoms with Crippen LogP contribution in [-0.2, 0) is 9.59 Å². The third kappa shape index (κ3) is 2.19. The van der Waals surface area contributed by atoms with E-state index in [1.807, 2.05) is 6.92 Å². The van der Waals surface area contributed by atoms with Crippen LogP contribution in [-0.4, -0.2) is 23.0 Å². The van der Waals surface area contributed by atoms with Crippen LogP contribution in [0.25, 0.3) is 0 Å².